The summed E-state index contributed by atoms with van der Waals surface area (Å²) in [6, 6.07) is 3.54. The molecule has 0 aromatic carbocycles. The number of carbonyl (C=O) groups excluding carboxylic acids is 1. The highest BCUT2D eigenvalue weighted by molar-refractivity contribution is 5.92. The summed E-state index contributed by atoms with van der Waals surface area (Å²) in [5, 5.41) is 11.2. The number of hydrogen-bond donors (Lipinski definition) is 2. The quantitative estimate of drug-likeness (QED) is 0.804. The molecule has 0 unspecified atom stereocenters. The van der Waals surface area contributed by atoms with E-state index in [1.165, 1.54) is 0 Å². The van der Waals surface area contributed by atoms with Crippen LogP contribution < -0.4 is 10.2 Å². The Kier molecular flexibility index (Phi) is 3.45. The lowest BCUT2D eigenvalue weighted by Gasteiger charge is -2.40. The van der Waals surface area contributed by atoms with E-state index < -0.39 is 5.97 Å². The molecule has 1 fully saturated rings. The Morgan fingerprint density at radius 1 is 1.56 bits per heavy atom. The van der Waals surface area contributed by atoms with Gasteiger partial charge >= 0.3 is 5.97 Å². The first-order chi connectivity index (χ1) is 8.60. The van der Waals surface area contributed by atoms with Crippen molar-refractivity contribution >= 4 is 17.6 Å². The van der Waals surface area contributed by atoms with Crippen molar-refractivity contribution in [3.8, 4) is 0 Å². The number of aliphatic carboxylic acids is 1. The van der Waals surface area contributed by atoms with Crippen LogP contribution in [0.2, 0.25) is 0 Å². The number of hydrogen-bond acceptors (Lipinski definition) is 4. The molecular weight excluding hydrogens is 234 g/mol. The van der Waals surface area contributed by atoms with Gasteiger partial charge in [-0.1, -0.05) is 0 Å². The highest BCUT2D eigenvalue weighted by Crippen LogP contribution is 2.26. The highest BCUT2D eigenvalue weighted by Gasteiger charge is 2.29. The van der Waals surface area contributed by atoms with Crippen molar-refractivity contribution in [2.45, 2.75) is 6.42 Å². The molecule has 0 saturated carbocycles. The molecule has 0 atom stereocenters. The van der Waals surface area contributed by atoms with E-state index in [4.69, 9.17) is 5.11 Å². The first-order valence-electron chi connectivity index (χ1n) is 5.75. The number of pyridine rings is 1. The Morgan fingerprint density at radius 2 is 2.28 bits per heavy atom. The Labute approximate surface area is 105 Å². The normalized spacial score (nSPS) is 15.1. The van der Waals surface area contributed by atoms with Gasteiger partial charge in [0.05, 0.1) is 6.42 Å². The molecular formula is C12H15N3O3. The summed E-state index contributed by atoms with van der Waals surface area (Å²) < 4.78 is 0. The van der Waals surface area contributed by atoms with Crippen molar-refractivity contribution in [3.63, 3.8) is 0 Å². The molecule has 6 nitrogen and oxygen atoms in total. The van der Waals surface area contributed by atoms with Crippen LogP contribution in [0.25, 0.3) is 0 Å². The largest absolute Gasteiger partial charge is 0.481 e. The number of rotatable bonds is 4. The number of anilines is 1. The lowest BCUT2D eigenvalue weighted by Crippen LogP contribution is -2.47. The molecule has 2 N–H and O–H groups in total. The second kappa shape index (κ2) is 5.03. The zero-order valence-corrected chi connectivity index (χ0v) is 10.1. The maximum atomic E-state index is 11.4. The first kappa shape index (κ1) is 12.3. The molecule has 1 aromatic rings. The molecule has 0 spiro atoms. The van der Waals surface area contributed by atoms with E-state index in [9.17, 15) is 9.59 Å². The van der Waals surface area contributed by atoms with Crippen LogP contribution in [-0.2, 0) is 4.79 Å². The van der Waals surface area contributed by atoms with Gasteiger partial charge < -0.3 is 15.3 Å². The third kappa shape index (κ3) is 2.58. The van der Waals surface area contributed by atoms with Gasteiger partial charge in [-0.2, -0.15) is 0 Å². The predicted molar refractivity (Wildman–Crippen MR) is 65.6 cm³/mol. The maximum Gasteiger partial charge on any atom is 0.303 e. The molecule has 0 aliphatic carbocycles. The molecule has 1 aromatic heterocycles. The van der Waals surface area contributed by atoms with E-state index in [1.54, 1.807) is 19.3 Å². The maximum absolute atomic E-state index is 11.4. The third-order valence-corrected chi connectivity index (χ3v) is 2.99. The molecule has 1 aliphatic heterocycles. The van der Waals surface area contributed by atoms with Crippen LogP contribution in [-0.4, -0.2) is 42.1 Å². The predicted octanol–water partition coefficient (Wildman–Crippen LogP) is 0.352. The van der Waals surface area contributed by atoms with Crippen molar-refractivity contribution in [1.29, 1.82) is 0 Å². The third-order valence-electron chi connectivity index (χ3n) is 2.99. The standard InChI is InChI=1S/C12H15N3O3/c1-13-12(18)10-5-9(2-3-14-10)15-6-8(7-15)4-11(16)17/h2-3,5,8H,4,6-7H2,1H3,(H,13,18)(H,16,17). The highest BCUT2D eigenvalue weighted by atomic mass is 16.4. The van der Waals surface area contributed by atoms with Crippen LogP contribution in [0.1, 0.15) is 16.9 Å². The van der Waals surface area contributed by atoms with Gasteiger partial charge in [0.25, 0.3) is 5.91 Å². The number of carbonyl (C=O) groups is 2. The first-order valence-corrected chi connectivity index (χ1v) is 5.75. The topological polar surface area (TPSA) is 82.5 Å². The van der Waals surface area contributed by atoms with Crippen LogP contribution in [0.5, 0.6) is 0 Å². The van der Waals surface area contributed by atoms with E-state index >= 15 is 0 Å². The second-order valence-electron chi connectivity index (χ2n) is 4.35. The van der Waals surface area contributed by atoms with Gasteiger partial charge in [0.15, 0.2) is 0 Å². The summed E-state index contributed by atoms with van der Waals surface area (Å²) in [5.41, 5.74) is 1.28. The summed E-state index contributed by atoms with van der Waals surface area (Å²) in [6.07, 6.45) is 1.79. The molecule has 0 bridgehead atoms. The van der Waals surface area contributed by atoms with Crippen LogP contribution >= 0.6 is 0 Å². The van der Waals surface area contributed by atoms with Gasteiger partial charge in [-0.3, -0.25) is 14.6 Å². The molecule has 1 saturated heterocycles. The van der Waals surface area contributed by atoms with Crippen molar-refractivity contribution in [2.75, 3.05) is 25.0 Å². The Hall–Kier alpha value is -2.11. The van der Waals surface area contributed by atoms with Crippen LogP contribution in [0.3, 0.4) is 0 Å². The second-order valence-corrected chi connectivity index (χ2v) is 4.35. The lowest BCUT2D eigenvalue weighted by molar-refractivity contribution is -0.138. The van der Waals surface area contributed by atoms with Crippen molar-refractivity contribution in [3.05, 3.63) is 24.0 Å². The van der Waals surface area contributed by atoms with Crippen molar-refractivity contribution < 1.29 is 14.7 Å². The van der Waals surface area contributed by atoms with Crippen molar-refractivity contribution in [2.24, 2.45) is 5.92 Å². The molecule has 1 aliphatic rings. The molecule has 2 heterocycles. The lowest BCUT2D eigenvalue weighted by atomic mass is 9.96. The van der Waals surface area contributed by atoms with E-state index in [0.717, 1.165) is 5.69 Å². The van der Waals surface area contributed by atoms with Gasteiger partial charge in [0.1, 0.15) is 5.69 Å². The van der Waals surface area contributed by atoms with E-state index in [1.807, 2.05) is 11.0 Å². The minimum absolute atomic E-state index is 0.194. The van der Waals surface area contributed by atoms with Crippen LogP contribution in [0.4, 0.5) is 5.69 Å². The SMILES string of the molecule is CNC(=O)c1cc(N2CC(CC(=O)O)C2)ccn1. The minimum Gasteiger partial charge on any atom is -0.481 e. The smallest absolute Gasteiger partial charge is 0.303 e. The van der Waals surface area contributed by atoms with Gasteiger partial charge in [-0.25, -0.2) is 0 Å². The van der Waals surface area contributed by atoms with E-state index in [-0.39, 0.29) is 18.2 Å². The Morgan fingerprint density at radius 3 is 2.89 bits per heavy atom. The summed E-state index contributed by atoms with van der Waals surface area (Å²) >= 11 is 0. The molecule has 96 valence electrons. The number of amides is 1. The fourth-order valence-corrected chi connectivity index (χ4v) is 2.03. The number of nitrogens with zero attached hydrogens (tertiary/aromatic N) is 2. The number of nitrogens with one attached hydrogen (secondary N) is 1. The molecule has 6 heteroatoms. The van der Waals surface area contributed by atoms with E-state index in [0.29, 0.717) is 18.8 Å². The monoisotopic (exact) mass is 249 g/mol. The number of carboxylic acid groups (broad SMARTS) is 1. The number of aromatic nitrogens is 1. The Balaban J connectivity index is 1.99. The van der Waals surface area contributed by atoms with Crippen molar-refractivity contribution in [1.82, 2.24) is 10.3 Å². The summed E-state index contributed by atoms with van der Waals surface area (Å²) in [6.45, 7) is 1.42. The summed E-state index contributed by atoms with van der Waals surface area (Å²) in [4.78, 5) is 28.0. The zero-order valence-electron chi connectivity index (χ0n) is 10.1. The molecule has 18 heavy (non-hydrogen) atoms. The Bertz CT molecular complexity index is 469. The van der Waals surface area contributed by atoms with Gasteiger partial charge in [0.2, 0.25) is 0 Å². The molecule has 1 amide bonds. The minimum atomic E-state index is -0.763. The van der Waals surface area contributed by atoms with Crippen LogP contribution in [0.15, 0.2) is 18.3 Å². The molecule has 2 rings (SSSR count). The number of carboxylic acids is 1. The zero-order chi connectivity index (χ0) is 13.1. The average Bonchev–Trinajstić information content (AvgIpc) is 2.32. The fraction of sp³-hybridized carbons (Fsp3) is 0.417. The summed E-state index contributed by atoms with van der Waals surface area (Å²) in [5.74, 6) is -0.793. The molecule has 0 radical (unpaired) electrons. The average molecular weight is 249 g/mol. The van der Waals surface area contributed by atoms with Gasteiger partial charge in [-0.05, 0) is 12.1 Å². The summed E-state index contributed by atoms with van der Waals surface area (Å²) in [7, 11) is 1.56. The van der Waals surface area contributed by atoms with Gasteiger partial charge in [-0.15, -0.1) is 0 Å². The van der Waals surface area contributed by atoms with Crippen LogP contribution in [0, 0.1) is 5.92 Å². The van der Waals surface area contributed by atoms with Gasteiger partial charge in [0, 0.05) is 37.9 Å². The van der Waals surface area contributed by atoms with E-state index in [2.05, 4.69) is 10.3 Å². The fourth-order valence-electron chi connectivity index (χ4n) is 2.03.